The number of amides is 2. The molecule has 0 bridgehead atoms. The van der Waals surface area contributed by atoms with E-state index in [0.29, 0.717) is 6.42 Å². The minimum absolute atomic E-state index is 0.137. The summed E-state index contributed by atoms with van der Waals surface area (Å²) in [4.78, 5) is 22.4. The highest BCUT2D eigenvalue weighted by atomic mass is 16.2. The van der Waals surface area contributed by atoms with E-state index in [2.05, 4.69) is 0 Å². The SMILES string of the molecule is CC.CN1C(=O)C=CCC1=O. The number of imide groups is 1. The standard InChI is InChI=1S/C6H7NO2.C2H6/c1-7-5(8)3-2-4-6(7)9;1-2/h2-3H,4H2,1H3;1-2H3. The Labute approximate surface area is 66.7 Å². The average molecular weight is 155 g/mol. The fourth-order valence-electron chi connectivity index (χ4n) is 0.632. The van der Waals surface area contributed by atoms with Crippen molar-refractivity contribution in [2.75, 3.05) is 7.05 Å². The number of carbonyl (C=O) groups is 2. The van der Waals surface area contributed by atoms with Crippen LogP contribution < -0.4 is 0 Å². The van der Waals surface area contributed by atoms with Gasteiger partial charge in [-0.2, -0.15) is 0 Å². The molecule has 62 valence electrons. The minimum atomic E-state index is -0.230. The third kappa shape index (κ3) is 2.53. The number of likely N-dealkylation sites (N-methyl/N-ethyl adjacent to an activating group) is 1. The molecular weight excluding hydrogens is 142 g/mol. The molecule has 0 spiro atoms. The maximum Gasteiger partial charge on any atom is 0.252 e. The first kappa shape index (κ1) is 9.88. The highest BCUT2D eigenvalue weighted by Crippen LogP contribution is 2.00. The Morgan fingerprint density at radius 3 is 2.27 bits per heavy atom. The Bertz CT molecular complexity index is 185. The third-order valence-electron chi connectivity index (χ3n) is 1.26. The molecule has 0 saturated carbocycles. The van der Waals surface area contributed by atoms with Crippen LogP contribution in [0, 0.1) is 0 Å². The van der Waals surface area contributed by atoms with Gasteiger partial charge in [0.2, 0.25) is 5.91 Å². The maximum atomic E-state index is 10.7. The molecule has 1 rings (SSSR count). The summed E-state index contributed by atoms with van der Waals surface area (Å²) in [6.07, 6.45) is 3.33. The largest absolute Gasteiger partial charge is 0.282 e. The summed E-state index contributed by atoms with van der Waals surface area (Å²) >= 11 is 0. The molecule has 0 aromatic rings. The quantitative estimate of drug-likeness (QED) is 0.488. The second kappa shape index (κ2) is 4.66. The topological polar surface area (TPSA) is 37.4 Å². The fraction of sp³-hybridized carbons (Fsp3) is 0.500. The summed E-state index contributed by atoms with van der Waals surface area (Å²) in [6.45, 7) is 4.00. The lowest BCUT2D eigenvalue weighted by molar-refractivity contribution is -0.140. The molecule has 0 atom stereocenters. The first-order valence-corrected chi connectivity index (χ1v) is 3.69. The number of hydrogen-bond acceptors (Lipinski definition) is 2. The molecule has 0 saturated heterocycles. The van der Waals surface area contributed by atoms with Gasteiger partial charge >= 0.3 is 0 Å². The highest BCUT2D eigenvalue weighted by Gasteiger charge is 2.16. The van der Waals surface area contributed by atoms with Gasteiger partial charge in [0.25, 0.3) is 5.91 Å². The van der Waals surface area contributed by atoms with Gasteiger partial charge in [0, 0.05) is 19.5 Å². The Balaban J connectivity index is 0.000000461. The van der Waals surface area contributed by atoms with Crippen molar-refractivity contribution in [3.63, 3.8) is 0 Å². The predicted molar refractivity (Wildman–Crippen MR) is 42.9 cm³/mol. The molecule has 0 unspecified atom stereocenters. The molecular formula is C8H13NO2. The maximum absolute atomic E-state index is 10.7. The summed E-state index contributed by atoms with van der Waals surface area (Å²) in [7, 11) is 1.48. The number of rotatable bonds is 0. The first-order chi connectivity index (χ1) is 5.22. The number of nitrogens with zero attached hydrogens (tertiary/aromatic N) is 1. The summed E-state index contributed by atoms with van der Waals surface area (Å²) in [5.74, 6) is -0.367. The lowest BCUT2D eigenvalue weighted by atomic mass is 10.2. The second-order valence-electron chi connectivity index (χ2n) is 1.90. The Hall–Kier alpha value is -1.12. The number of carbonyl (C=O) groups excluding carboxylic acids is 2. The molecule has 3 nitrogen and oxygen atoms in total. The van der Waals surface area contributed by atoms with Gasteiger partial charge in [0.05, 0.1) is 0 Å². The van der Waals surface area contributed by atoms with E-state index in [1.165, 1.54) is 13.1 Å². The number of hydrogen-bond donors (Lipinski definition) is 0. The molecule has 0 radical (unpaired) electrons. The van der Waals surface area contributed by atoms with E-state index in [1.54, 1.807) is 6.08 Å². The lowest BCUT2D eigenvalue weighted by Crippen LogP contribution is -2.33. The minimum Gasteiger partial charge on any atom is -0.282 e. The second-order valence-corrected chi connectivity index (χ2v) is 1.90. The predicted octanol–water partition coefficient (Wildman–Crippen LogP) is 0.958. The molecule has 1 aliphatic rings. The van der Waals surface area contributed by atoms with Crippen molar-refractivity contribution in [3.8, 4) is 0 Å². The van der Waals surface area contributed by atoms with Crippen molar-refractivity contribution in [2.45, 2.75) is 20.3 Å². The zero-order chi connectivity index (χ0) is 8.85. The summed E-state index contributed by atoms with van der Waals surface area (Å²) in [6, 6.07) is 0. The zero-order valence-corrected chi connectivity index (χ0v) is 7.13. The Morgan fingerprint density at radius 1 is 1.36 bits per heavy atom. The van der Waals surface area contributed by atoms with Crippen LogP contribution in [-0.2, 0) is 9.59 Å². The first-order valence-electron chi connectivity index (χ1n) is 3.69. The summed E-state index contributed by atoms with van der Waals surface area (Å²) in [5, 5.41) is 0. The van der Waals surface area contributed by atoms with Crippen molar-refractivity contribution >= 4 is 11.8 Å². The molecule has 1 aliphatic heterocycles. The van der Waals surface area contributed by atoms with E-state index >= 15 is 0 Å². The smallest absolute Gasteiger partial charge is 0.252 e. The van der Waals surface area contributed by atoms with Gasteiger partial charge in [0.1, 0.15) is 0 Å². The van der Waals surface area contributed by atoms with Gasteiger partial charge < -0.3 is 0 Å². The van der Waals surface area contributed by atoms with Crippen LogP contribution in [0.3, 0.4) is 0 Å². The van der Waals surface area contributed by atoms with Gasteiger partial charge in [-0.1, -0.05) is 19.9 Å². The van der Waals surface area contributed by atoms with Crippen LogP contribution in [0.4, 0.5) is 0 Å². The normalized spacial score (nSPS) is 16.1. The van der Waals surface area contributed by atoms with Crippen LogP contribution >= 0.6 is 0 Å². The zero-order valence-electron chi connectivity index (χ0n) is 7.13. The fourth-order valence-corrected chi connectivity index (χ4v) is 0.632. The van der Waals surface area contributed by atoms with Crippen molar-refractivity contribution < 1.29 is 9.59 Å². The van der Waals surface area contributed by atoms with Crippen LogP contribution in [-0.4, -0.2) is 23.8 Å². The van der Waals surface area contributed by atoms with Gasteiger partial charge in [-0.05, 0) is 0 Å². The van der Waals surface area contributed by atoms with Crippen molar-refractivity contribution in [3.05, 3.63) is 12.2 Å². The molecule has 0 N–H and O–H groups in total. The average Bonchev–Trinajstić information content (AvgIpc) is 2.04. The van der Waals surface area contributed by atoms with Crippen LogP contribution in [0.1, 0.15) is 20.3 Å². The summed E-state index contributed by atoms with van der Waals surface area (Å²) in [5.41, 5.74) is 0. The molecule has 0 aromatic heterocycles. The van der Waals surface area contributed by atoms with E-state index in [9.17, 15) is 9.59 Å². The third-order valence-corrected chi connectivity index (χ3v) is 1.26. The molecule has 0 fully saturated rings. The van der Waals surface area contributed by atoms with Gasteiger partial charge in [-0.25, -0.2) is 0 Å². The Morgan fingerprint density at radius 2 is 1.91 bits per heavy atom. The van der Waals surface area contributed by atoms with E-state index in [-0.39, 0.29) is 11.8 Å². The molecule has 0 aliphatic carbocycles. The van der Waals surface area contributed by atoms with E-state index in [1.807, 2.05) is 13.8 Å². The van der Waals surface area contributed by atoms with Gasteiger partial charge in [-0.3, -0.25) is 14.5 Å². The molecule has 2 amide bonds. The van der Waals surface area contributed by atoms with E-state index < -0.39 is 0 Å². The molecule has 11 heavy (non-hydrogen) atoms. The lowest BCUT2D eigenvalue weighted by Gasteiger charge is -2.14. The van der Waals surface area contributed by atoms with Crippen LogP contribution in [0.5, 0.6) is 0 Å². The van der Waals surface area contributed by atoms with E-state index in [0.717, 1.165) is 4.90 Å². The van der Waals surface area contributed by atoms with Crippen molar-refractivity contribution in [2.24, 2.45) is 0 Å². The Kier molecular flexibility index (Phi) is 4.18. The van der Waals surface area contributed by atoms with Gasteiger partial charge in [0.15, 0.2) is 0 Å². The molecule has 1 heterocycles. The monoisotopic (exact) mass is 155 g/mol. The highest BCUT2D eigenvalue weighted by molar-refractivity contribution is 6.03. The van der Waals surface area contributed by atoms with Crippen molar-refractivity contribution in [1.82, 2.24) is 4.90 Å². The van der Waals surface area contributed by atoms with Crippen molar-refractivity contribution in [1.29, 1.82) is 0 Å². The molecule has 3 heteroatoms. The van der Waals surface area contributed by atoms with Gasteiger partial charge in [-0.15, -0.1) is 0 Å². The van der Waals surface area contributed by atoms with Crippen LogP contribution in [0.25, 0.3) is 0 Å². The van der Waals surface area contributed by atoms with Crippen LogP contribution in [0.2, 0.25) is 0 Å². The summed E-state index contributed by atoms with van der Waals surface area (Å²) < 4.78 is 0. The van der Waals surface area contributed by atoms with E-state index in [4.69, 9.17) is 0 Å². The van der Waals surface area contributed by atoms with Crippen LogP contribution in [0.15, 0.2) is 12.2 Å². The molecule has 0 aromatic carbocycles.